The average molecular weight is 350 g/mol. The fourth-order valence-electron chi connectivity index (χ4n) is 1.99. The van der Waals surface area contributed by atoms with Crippen molar-refractivity contribution >= 4 is 44.5 Å². The molecule has 0 bridgehead atoms. The number of nitrogens with zero attached hydrogens (tertiary/aromatic N) is 2. The number of thiocarbonyl (C=S) groups is 1. The van der Waals surface area contributed by atoms with Crippen LogP contribution in [-0.4, -0.2) is 22.2 Å². The number of aliphatic imine (C=N–C) groups is 1. The Morgan fingerprint density at radius 1 is 1.30 bits per heavy atom. The fourth-order valence-corrected chi connectivity index (χ4v) is 2.51. The molecular weight excluding hydrogens is 341 g/mol. The second-order valence-electron chi connectivity index (χ2n) is 4.24. The quantitative estimate of drug-likeness (QED) is 0.799. The highest BCUT2D eigenvalue weighted by Gasteiger charge is 2.19. The molecule has 1 aliphatic heterocycles. The van der Waals surface area contributed by atoms with Gasteiger partial charge in [0, 0.05) is 11.8 Å². The van der Waals surface area contributed by atoms with Crippen LogP contribution in [0.2, 0.25) is 0 Å². The van der Waals surface area contributed by atoms with E-state index in [1.165, 1.54) is 6.07 Å². The van der Waals surface area contributed by atoms with E-state index in [4.69, 9.17) is 12.2 Å². The molecule has 1 N–H and O–H groups in total. The third kappa shape index (κ3) is 2.48. The lowest BCUT2D eigenvalue weighted by Crippen LogP contribution is -2.11. The summed E-state index contributed by atoms with van der Waals surface area (Å²) in [7, 11) is 0. The van der Waals surface area contributed by atoms with E-state index in [0.29, 0.717) is 27.4 Å². The van der Waals surface area contributed by atoms with Gasteiger partial charge < -0.3 is 5.32 Å². The van der Waals surface area contributed by atoms with Crippen molar-refractivity contribution in [2.24, 2.45) is 4.99 Å². The first-order chi connectivity index (χ1) is 9.65. The van der Waals surface area contributed by atoms with Gasteiger partial charge in [0.25, 0.3) is 0 Å². The Bertz CT molecular complexity index is 716. The monoisotopic (exact) mass is 349 g/mol. The Morgan fingerprint density at radius 2 is 2.15 bits per heavy atom. The van der Waals surface area contributed by atoms with Crippen LogP contribution in [0.15, 0.2) is 46.0 Å². The van der Waals surface area contributed by atoms with E-state index in [1.54, 1.807) is 12.3 Å². The highest BCUT2D eigenvalue weighted by Crippen LogP contribution is 2.28. The maximum absolute atomic E-state index is 13.7. The molecule has 100 valence electrons. The van der Waals surface area contributed by atoms with E-state index < -0.39 is 0 Å². The topological polar surface area (TPSA) is 37.3 Å². The van der Waals surface area contributed by atoms with Gasteiger partial charge in [-0.15, -0.1) is 0 Å². The molecule has 1 aromatic heterocycles. The van der Waals surface area contributed by atoms with E-state index in [0.717, 1.165) is 11.3 Å². The molecular formula is C14H9BrFN3S. The number of anilines is 1. The van der Waals surface area contributed by atoms with Crippen LogP contribution in [0.25, 0.3) is 0 Å². The van der Waals surface area contributed by atoms with E-state index in [2.05, 4.69) is 31.2 Å². The molecule has 1 aliphatic rings. The molecule has 3 rings (SSSR count). The maximum atomic E-state index is 13.7. The van der Waals surface area contributed by atoms with Crippen molar-refractivity contribution < 1.29 is 4.39 Å². The molecule has 0 amide bonds. The number of hydrogen-bond acceptors (Lipinski definition) is 3. The minimum atomic E-state index is -0.346. The van der Waals surface area contributed by atoms with Crippen LogP contribution >= 0.6 is 28.1 Å². The SMILES string of the molecule is Fc1cc2c(cc1Br)C(c1ccccn1)=NCC(=S)N2. The van der Waals surface area contributed by atoms with Gasteiger partial charge in [0.05, 0.1) is 28.1 Å². The molecule has 2 aromatic rings. The number of rotatable bonds is 1. The van der Waals surface area contributed by atoms with Crippen LogP contribution in [0.5, 0.6) is 0 Å². The van der Waals surface area contributed by atoms with Gasteiger partial charge in [0.15, 0.2) is 0 Å². The highest BCUT2D eigenvalue weighted by molar-refractivity contribution is 9.10. The van der Waals surface area contributed by atoms with Crippen molar-refractivity contribution in [2.45, 2.75) is 0 Å². The summed E-state index contributed by atoms with van der Waals surface area (Å²) in [5.41, 5.74) is 2.82. The molecule has 0 fully saturated rings. The van der Waals surface area contributed by atoms with Crippen LogP contribution in [0.3, 0.4) is 0 Å². The van der Waals surface area contributed by atoms with Crippen molar-refractivity contribution in [3.63, 3.8) is 0 Å². The first kappa shape index (κ1) is 13.3. The summed E-state index contributed by atoms with van der Waals surface area (Å²) in [6.45, 7) is 0.356. The summed E-state index contributed by atoms with van der Waals surface area (Å²) in [6.07, 6.45) is 1.70. The van der Waals surface area contributed by atoms with Crippen molar-refractivity contribution in [1.82, 2.24) is 4.98 Å². The number of aromatic nitrogens is 1. The van der Waals surface area contributed by atoms with Crippen molar-refractivity contribution in [1.29, 1.82) is 0 Å². The molecule has 0 saturated carbocycles. The lowest BCUT2D eigenvalue weighted by Gasteiger charge is -2.11. The second-order valence-corrected chi connectivity index (χ2v) is 5.59. The lowest BCUT2D eigenvalue weighted by atomic mass is 10.0. The summed E-state index contributed by atoms with van der Waals surface area (Å²) in [5, 5.41) is 3.02. The number of benzene rings is 1. The molecule has 2 heterocycles. The predicted octanol–water partition coefficient (Wildman–Crippen LogP) is 3.57. The largest absolute Gasteiger partial charge is 0.348 e. The average Bonchev–Trinajstić information content (AvgIpc) is 2.59. The molecule has 1 aromatic carbocycles. The van der Waals surface area contributed by atoms with Gasteiger partial charge in [-0.25, -0.2) is 4.39 Å². The van der Waals surface area contributed by atoms with Crippen molar-refractivity contribution in [2.75, 3.05) is 11.9 Å². The van der Waals surface area contributed by atoms with Crippen molar-refractivity contribution in [3.05, 3.63) is 58.1 Å². The summed E-state index contributed by atoms with van der Waals surface area (Å²) in [6, 6.07) is 8.70. The smallest absolute Gasteiger partial charge is 0.139 e. The zero-order valence-corrected chi connectivity index (χ0v) is 12.6. The number of fused-ring (bicyclic) bond motifs is 1. The van der Waals surface area contributed by atoms with Crippen LogP contribution in [0, 0.1) is 5.82 Å². The molecule has 0 unspecified atom stereocenters. The zero-order chi connectivity index (χ0) is 14.1. The van der Waals surface area contributed by atoms with Gasteiger partial charge in [-0.05, 0) is 40.2 Å². The first-order valence-electron chi connectivity index (χ1n) is 5.90. The van der Waals surface area contributed by atoms with Gasteiger partial charge >= 0.3 is 0 Å². The van der Waals surface area contributed by atoms with Crippen molar-refractivity contribution in [3.8, 4) is 0 Å². The number of halogens is 2. The highest BCUT2D eigenvalue weighted by atomic mass is 79.9. The lowest BCUT2D eigenvalue weighted by molar-refractivity contribution is 0.621. The fraction of sp³-hybridized carbons (Fsp3) is 0.0714. The van der Waals surface area contributed by atoms with Crippen LogP contribution in [-0.2, 0) is 0 Å². The van der Waals surface area contributed by atoms with Gasteiger partial charge in [-0.3, -0.25) is 9.98 Å². The number of hydrogen-bond donors (Lipinski definition) is 1. The van der Waals surface area contributed by atoms with Gasteiger partial charge in [0.2, 0.25) is 0 Å². The summed E-state index contributed by atoms with van der Waals surface area (Å²) >= 11 is 8.38. The Balaban J connectivity index is 2.22. The third-order valence-corrected chi connectivity index (χ3v) is 3.72. The van der Waals surface area contributed by atoms with Gasteiger partial charge in [-0.2, -0.15) is 0 Å². The summed E-state index contributed by atoms with van der Waals surface area (Å²) < 4.78 is 14.1. The minimum absolute atomic E-state index is 0.346. The van der Waals surface area contributed by atoms with Gasteiger partial charge in [0.1, 0.15) is 10.8 Å². The Labute approximate surface area is 129 Å². The number of nitrogens with one attached hydrogen (secondary N) is 1. The molecule has 6 heteroatoms. The van der Waals surface area contributed by atoms with E-state index in [1.807, 2.05) is 18.2 Å². The number of benzodiazepines with no additional fused rings is 1. The normalized spacial score (nSPS) is 14.1. The molecule has 0 atom stereocenters. The summed E-state index contributed by atoms with van der Waals surface area (Å²) in [5.74, 6) is -0.346. The standard InChI is InChI=1S/C14H9BrFN3S/c15-9-5-8-12(6-10(9)16)19-13(20)7-18-14(8)11-3-1-2-4-17-11/h1-6H,7H2,(H,19,20). The molecule has 3 nitrogen and oxygen atoms in total. The van der Waals surface area contributed by atoms with Gasteiger partial charge in [-0.1, -0.05) is 18.3 Å². The number of pyridine rings is 1. The molecule has 0 aliphatic carbocycles. The Morgan fingerprint density at radius 3 is 2.90 bits per heavy atom. The summed E-state index contributed by atoms with van der Waals surface area (Å²) in [4.78, 5) is 9.36. The van der Waals surface area contributed by atoms with Crippen LogP contribution in [0.4, 0.5) is 10.1 Å². The molecule has 0 spiro atoms. The Hall–Kier alpha value is -1.66. The van der Waals surface area contributed by atoms with E-state index in [-0.39, 0.29) is 5.82 Å². The predicted molar refractivity (Wildman–Crippen MR) is 85.1 cm³/mol. The maximum Gasteiger partial charge on any atom is 0.139 e. The minimum Gasteiger partial charge on any atom is -0.348 e. The second kappa shape index (κ2) is 5.38. The first-order valence-corrected chi connectivity index (χ1v) is 7.10. The molecule has 0 radical (unpaired) electrons. The van der Waals surface area contributed by atoms with Crippen LogP contribution in [0.1, 0.15) is 11.3 Å². The van der Waals surface area contributed by atoms with E-state index >= 15 is 0 Å². The molecule has 0 saturated heterocycles. The Kier molecular flexibility index (Phi) is 3.58. The third-order valence-electron chi connectivity index (χ3n) is 2.88. The molecule has 20 heavy (non-hydrogen) atoms. The zero-order valence-electron chi connectivity index (χ0n) is 10.2. The van der Waals surface area contributed by atoms with Crippen LogP contribution < -0.4 is 5.32 Å². The van der Waals surface area contributed by atoms with E-state index in [9.17, 15) is 4.39 Å².